The topological polar surface area (TPSA) is 30.5 Å². The predicted molar refractivity (Wildman–Crippen MR) is 87.8 cm³/mol. The Morgan fingerprint density at radius 1 is 1.19 bits per heavy atom. The smallest absolute Gasteiger partial charge is 0.127 e. The van der Waals surface area contributed by atoms with Crippen molar-refractivity contribution >= 4 is 0 Å². The molecule has 1 N–H and O–H groups in total. The van der Waals surface area contributed by atoms with E-state index in [-0.39, 0.29) is 5.54 Å². The number of rotatable bonds is 8. The van der Waals surface area contributed by atoms with E-state index in [1.54, 1.807) is 0 Å². The monoisotopic (exact) mass is 289 g/mol. The predicted octanol–water partition coefficient (Wildman–Crippen LogP) is 3.77. The molecule has 0 fully saturated rings. The zero-order valence-corrected chi connectivity index (χ0v) is 13.7. The van der Waals surface area contributed by atoms with E-state index >= 15 is 0 Å². The number of benzene rings is 1. The van der Waals surface area contributed by atoms with Crippen LogP contribution in [0.5, 0.6) is 11.5 Å². The summed E-state index contributed by atoms with van der Waals surface area (Å²) in [4.78, 5) is 0. The van der Waals surface area contributed by atoms with Gasteiger partial charge in [-0.2, -0.15) is 0 Å². The Hall–Kier alpha value is -1.66. The van der Waals surface area contributed by atoms with Gasteiger partial charge in [-0.15, -0.1) is 12.3 Å². The van der Waals surface area contributed by atoms with Crippen LogP contribution in [-0.4, -0.2) is 18.8 Å². The molecule has 1 rings (SSSR count). The molecule has 0 saturated carbocycles. The largest absolute Gasteiger partial charge is 0.493 e. The highest BCUT2D eigenvalue weighted by Crippen LogP contribution is 2.26. The van der Waals surface area contributed by atoms with Gasteiger partial charge in [0.15, 0.2) is 0 Å². The van der Waals surface area contributed by atoms with Crippen LogP contribution in [0.25, 0.3) is 0 Å². The molecule has 0 aliphatic heterocycles. The third-order valence-electron chi connectivity index (χ3n) is 2.82. The molecule has 1 aromatic rings. The molecule has 0 atom stereocenters. The summed E-state index contributed by atoms with van der Waals surface area (Å²) in [7, 11) is 0. The average Bonchev–Trinajstić information content (AvgIpc) is 2.43. The van der Waals surface area contributed by atoms with E-state index in [2.05, 4.69) is 45.0 Å². The van der Waals surface area contributed by atoms with Crippen molar-refractivity contribution in [2.45, 2.75) is 52.6 Å². The molecule has 0 aliphatic carbocycles. The molecule has 0 spiro atoms. The van der Waals surface area contributed by atoms with E-state index in [1.807, 2.05) is 12.1 Å². The molecule has 3 heteroatoms. The van der Waals surface area contributed by atoms with Crippen molar-refractivity contribution < 1.29 is 9.47 Å². The molecule has 0 aromatic heterocycles. The van der Waals surface area contributed by atoms with E-state index in [9.17, 15) is 0 Å². The molecule has 0 heterocycles. The van der Waals surface area contributed by atoms with Gasteiger partial charge in [-0.1, -0.05) is 13.0 Å². The van der Waals surface area contributed by atoms with Gasteiger partial charge in [0.25, 0.3) is 0 Å². The Morgan fingerprint density at radius 2 is 1.95 bits per heavy atom. The van der Waals surface area contributed by atoms with Gasteiger partial charge < -0.3 is 14.8 Å². The van der Waals surface area contributed by atoms with Crippen LogP contribution in [0.1, 0.15) is 46.1 Å². The Bertz CT molecular complexity index is 469. The lowest BCUT2D eigenvalue weighted by Crippen LogP contribution is -2.35. The number of ether oxygens (including phenoxy) is 2. The SMILES string of the molecule is C#CCCOc1cc(OCCC)ccc1CNC(C)(C)C. The summed E-state index contributed by atoms with van der Waals surface area (Å²) < 4.78 is 11.5. The molecule has 0 radical (unpaired) electrons. The Labute approximate surface area is 129 Å². The van der Waals surface area contributed by atoms with Crippen molar-refractivity contribution in [3.63, 3.8) is 0 Å². The standard InChI is InChI=1S/C18H27NO2/c1-6-8-12-21-17-13-16(20-11-7-2)10-9-15(17)14-19-18(3,4)5/h1,9-10,13,19H,7-8,11-12,14H2,2-5H3. The Morgan fingerprint density at radius 3 is 2.57 bits per heavy atom. The van der Waals surface area contributed by atoms with Crippen molar-refractivity contribution in [2.24, 2.45) is 0 Å². The molecular formula is C18H27NO2. The maximum Gasteiger partial charge on any atom is 0.127 e. The van der Waals surface area contributed by atoms with Crippen LogP contribution < -0.4 is 14.8 Å². The third kappa shape index (κ3) is 7.06. The van der Waals surface area contributed by atoms with Gasteiger partial charge in [-0.25, -0.2) is 0 Å². The zero-order valence-electron chi connectivity index (χ0n) is 13.7. The van der Waals surface area contributed by atoms with E-state index < -0.39 is 0 Å². The maximum absolute atomic E-state index is 5.80. The molecule has 0 aliphatic rings. The summed E-state index contributed by atoms with van der Waals surface area (Å²) in [5, 5.41) is 3.47. The first-order chi connectivity index (χ1) is 9.96. The maximum atomic E-state index is 5.80. The molecule has 116 valence electrons. The minimum atomic E-state index is 0.0630. The quantitative estimate of drug-likeness (QED) is 0.584. The van der Waals surface area contributed by atoms with Gasteiger partial charge in [0.05, 0.1) is 13.2 Å². The number of hydrogen-bond donors (Lipinski definition) is 1. The van der Waals surface area contributed by atoms with Gasteiger partial charge in [0.2, 0.25) is 0 Å². The van der Waals surface area contributed by atoms with E-state index in [0.29, 0.717) is 19.6 Å². The summed E-state index contributed by atoms with van der Waals surface area (Å²) in [5.41, 5.74) is 1.18. The first-order valence-corrected chi connectivity index (χ1v) is 7.53. The summed E-state index contributed by atoms with van der Waals surface area (Å²) in [6, 6.07) is 5.99. The highest BCUT2D eigenvalue weighted by molar-refractivity contribution is 5.41. The van der Waals surface area contributed by atoms with E-state index in [1.165, 1.54) is 0 Å². The molecule has 0 unspecified atom stereocenters. The second-order valence-corrected chi connectivity index (χ2v) is 6.02. The van der Waals surface area contributed by atoms with Crippen molar-refractivity contribution in [3.8, 4) is 23.8 Å². The third-order valence-corrected chi connectivity index (χ3v) is 2.82. The normalized spacial score (nSPS) is 11.0. The van der Waals surface area contributed by atoms with Crippen molar-refractivity contribution in [3.05, 3.63) is 23.8 Å². The number of nitrogens with one attached hydrogen (secondary N) is 1. The molecule has 21 heavy (non-hydrogen) atoms. The molecule has 0 amide bonds. The fourth-order valence-corrected chi connectivity index (χ4v) is 1.71. The molecule has 0 bridgehead atoms. The number of terminal acetylenes is 1. The minimum Gasteiger partial charge on any atom is -0.493 e. The van der Waals surface area contributed by atoms with Crippen molar-refractivity contribution in [2.75, 3.05) is 13.2 Å². The lowest BCUT2D eigenvalue weighted by molar-refractivity contribution is 0.302. The Balaban J connectivity index is 2.80. The average molecular weight is 289 g/mol. The van der Waals surface area contributed by atoms with Gasteiger partial charge in [0, 0.05) is 30.1 Å². The van der Waals surface area contributed by atoms with Crippen LogP contribution >= 0.6 is 0 Å². The van der Waals surface area contributed by atoms with Crippen LogP contribution in [0.15, 0.2) is 18.2 Å². The van der Waals surface area contributed by atoms with Crippen LogP contribution in [0, 0.1) is 12.3 Å². The molecular weight excluding hydrogens is 262 g/mol. The van der Waals surface area contributed by atoms with Gasteiger partial charge in [-0.3, -0.25) is 0 Å². The van der Waals surface area contributed by atoms with Crippen LogP contribution in [0.2, 0.25) is 0 Å². The Kier molecular flexibility index (Phi) is 7.11. The van der Waals surface area contributed by atoms with Gasteiger partial charge in [0.1, 0.15) is 11.5 Å². The summed E-state index contributed by atoms with van der Waals surface area (Å²) >= 11 is 0. The highest BCUT2D eigenvalue weighted by atomic mass is 16.5. The second kappa shape index (κ2) is 8.59. The van der Waals surface area contributed by atoms with Gasteiger partial charge in [-0.05, 0) is 33.3 Å². The van der Waals surface area contributed by atoms with Crippen LogP contribution in [0.4, 0.5) is 0 Å². The summed E-state index contributed by atoms with van der Waals surface area (Å²) in [6.45, 7) is 10.5. The molecule has 0 saturated heterocycles. The fourth-order valence-electron chi connectivity index (χ4n) is 1.71. The second-order valence-electron chi connectivity index (χ2n) is 6.02. The summed E-state index contributed by atoms with van der Waals surface area (Å²) in [5.74, 6) is 4.27. The zero-order chi connectivity index (χ0) is 15.7. The fraction of sp³-hybridized carbons (Fsp3) is 0.556. The number of hydrogen-bond acceptors (Lipinski definition) is 3. The molecule has 3 nitrogen and oxygen atoms in total. The van der Waals surface area contributed by atoms with Crippen molar-refractivity contribution in [1.29, 1.82) is 0 Å². The van der Waals surface area contributed by atoms with E-state index in [0.717, 1.165) is 30.0 Å². The lowest BCUT2D eigenvalue weighted by atomic mass is 10.1. The lowest BCUT2D eigenvalue weighted by Gasteiger charge is -2.22. The first-order valence-electron chi connectivity index (χ1n) is 7.53. The van der Waals surface area contributed by atoms with Crippen LogP contribution in [0.3, 0.4) is 0 Å². The van der Waals surface area contributed by atoms with Crippen molar-refractivity contribution in [1.82, 2.24) is 5.32 Å². The van der Waals surface area contributed by atoms with Gasteiger partial charge >= 0.3 is 0 Å². The van der Waals surface area contributed by atoms with E-state index in [4.69, 9.17) is 15.9 Å². The minimum absolute atomic E-state index is 0.0630. The molecule has 1 aromatic carbocycles. The highest BCUT2D eigenvalue weighted by Gasteiger charge is 2.12. The summed E-state index contributed by atoms with van der Waals surface area (Å²) in [6.07, 6.45) is 6.87. The van der Waals surface area contributed by atoms with Crippen LogP contribution in [-0.2, 0) is 6.54 Å². The first kappa shape index (κ1) is 17.4.